The molecule has 94 valence electrons. The number of hydrogen-bond donors (Lipinski definition) is 0. The lowest BCUT2D eigenvalue weighted by Crippen LogP contribution is -2.38. The Morgan fingerprint density at radius 3 is 2.19 bits per heavy atom. The molecule has 0 N–H and O–H groups in total. The minimum Gasteiger partial charge on any atom is -0.171 e. The summed E-state index contributed by atoms with van der Waals surface area (Å²) in [5, 5.41) is 1.47. The Hall–Kier alpha value is -0.380. The first-order valence-electron chi connectivity index (χ1n) is 5.26. The average Bonchev–Trinajstić information content (AvgIpc) is 2.09. The molecular weight excluding hydrogens is 233 g/mol. The quantitative estimate of drug-likeness (QED) is 0.587. The molecular formula is C12H19F3S. The average molecular weight is 252 g/mol. The summed E-state index contributed by atoms with van der Waals surface area (Å²) in [6.45, 7) is 8.61. The second-order valence-corrected chi connectivity index (χ2v) is 5.72. The van der Waals surface area contributed by atoms with Gasteiger partial charge in [0.25, 0.3) is 0 Å². The summed E-state index contributed by atoms with van der Waals surface area (Å²) in [6, 6.07) is 0. The summed E-state index contributed by atoms with van der Waals surface area (Å²) in [6.07, 6.45) is 0.0132. The normalized spacial score (nSPS) is 15.4. The Labute approximate surface area is 100.0 Å². The van der Waals surface area contributed by atoms with E-state index in [0.29, 0.717) is 0 Å². The Morgan fingerprint density at radius 2 is 1.81 bits per heavy atom. The maximum Gasteiger partial charge on any atom is 0.393 e. The van der Waals surface area contributed by atoms with Gasteiger partial charge in [0, 0.05) is 4.75 Å². The molecule has 1 unspecified atom stereocenters. The highest BCUT2D eigenvalue weighted by Crippen LogP contribution is 2.44. The number of thioether (sulfide) groups is 1. The van der Waals surface area contributed by atoms with Crippen LogP contribution in [0.4, 0.5) is 13.2 Å². The third-order valence-corrected chi connectivity index (χ3v) is 3.45. The van der Waals surface area contributed by atoms with E-state index in [1.54, 1.807) is 26.0 Å². The van der Waals surface area contributed by atoms with E-state index in [1.165, 1.54) is 5.41 Å². The molecule has 0 aliphatic rings. The minimum atomic E-state index is -4.17. The smallest absolute Gasteiger partial charge is 0.171 e. The number of allylic oxidation sites excluding steroid dienone is 2. The highest BCUT2D eigenvalue weighted by molar-refractivity contribution is 8.03. The summed E-state index contributed by atoms with van der Waals surface area (Å²) in [4.78, 5) is 0. The molecule has 0 aromatic rings. The van der Waals surface area contributed by atoms with E-state index < -0.39 is 16.8 Å². The van der Waals surface area contributed by atoms with E-state index in [4.69, 9.17) is 0 Å². The second kappa shape index (κ2) is 6.38. The molecule has 0 rings (SSSR count). The van der Waals surface area contributed by atoms with E-state index in [0.717, 1.165) is 18.2 Å². The number of hydrogen-bond acceptors (Lipinski definition) is 1. The van der Waals surface area contributed by atoms with E-state index in [9.17, 15) is 13.2 Å². The van der Waals surface area contributed by atoms with Gasteiger partial charge in [-0.05, 0) is 32.1 Å². The van der Waals surface area contributed by atoms with Crippen molar-refractivity contribution in [3.8, 4) is 0 Å². The Bertz CT molecular complexity index is 241. The van der Waals surface area contributed by atoms with Crippen molar-refractivity contribution in [3.63, 3.8) is 0 Å². The zero-order valence-corrected chi connectivity index (χ0v) is 10.8. The predicted molar refractivity (Wildman–Crippen MR) is 65.5 cm³/mol. The lowest BCUT2D eigenvalue weighted by Gasteiger charge is -2.33. The van der Waals surface area contributed by atoms with E-state index in [-0.39, 0.29) is 6.42 Å². The van der Waals surface area contributed by atoms with Crippen molar-refractivity contribution >= 4 is 11.8 Å². The molecule has 0 saturated carbocycles. The first-order chi connectivity index (χ1) is 7.25. The molecule has 4 heteroatoms. The third-order valence-electron chi connectivity index (χ3n) is 2.40. The molecule has 0 bridgehead atoms. The molecule has 0 radical (unpaired) electrons. The molecule has 0 amide bonds. The first kappa shape index (κ1) is 15.6. The maximum atomic E-state index is 12.9. The number of alkyl halides is 3. The van der Waals surface area contributed by atoms with Crippen molar-refractivity contribution < 1.29 is 13.2 Å². The van der Waals surface area contributed by atoms with Crippen LogP contribution >= 0.6 is 11.8 Å². The largest absolute Gasteiger partial charge is 0.393 e. The fourth-order valence-corrected chi connectivity index (χ4v) is 2.33. The van der Waals surface area contributed by atoms with Gasteiger partial charge in [0.05, 0.1) is 5.92 Å². The van der Waals surface area contributed by atoms with Gasteiger partial charge in [-0.2, -0.15) is 13.2 Å². The van der Waals surface area contributed by atoms with Crippen LogP contribution in [-0.4, -0.2) is 10.9 Å². The van der Waals surface area contributed by atoms with Crippen LogP contribution in [0.25, 0.3) is 0 Å². The third kappa shape index (κ3) is 5.10. The van der Waals surface area contributed by atoms with Gasteiger partial charge >= 0.3 is 6.18 Å². The Balaban J connectivity index is 4.80. The van der Waals surface area contributed by atoms with Crippen molar-refractivity contribution in [2.24, 2.45) is 5.92 Å². The SMILES string of the molecule is C=CSC(C)(C)C(C/C=C/CC)C(F)(F)F. The molecule has 0 saturated heterocycles. The highest BCUT2D eigenvalue weighted by Gasteiger charge is 2.47. The predicted octanol–water partition coefficient (Wildman–Crippen LogP) is 5.18. The van der Waals surface area contributed by atoms with Crippen LogP contribution in [0.15, 0.2) is 24.1 Å². The van der Waals surface area contributed by atoms with Gasteiger partial charge in [-0.25, -0.2) is 0 Å². The molecule has 0 fully saturated rings. The van der Waals surface area contributed by atoms with Crippen molar-refractivity contribution in [3.05, 3.63) is 24.1 Å². The fourth-order valence-electron chi connectivity index (χ4n) is 1.51. The lowest BCUT2D eigenvalue weighted by atomic mass is 9.90. The van der Waals surface area contributed by atoms with Gasteiger partial charge in [-0.3, -0.25) is 0 Å². The summed E-state index contributed by atoms with van der Waals surface area (Å²) in [7, 11) is 0. The Kier molecular flexibility index (Phi) is 6.23. The number of rotatable bonds is 6. The van der Waals surface area contributed by atoms with Gasteiger partial charge < -0.3 is 0 Å². The minimum absolute atomic E-state index is 0.0329. The van der Waals surface area contributed by atoms with Gasteiger partial charge in [0.2, 0.25) is 0 Å². The van der Waals surface area contributed by atoms with Crippen molar-refractivity contribution in [1.82, 2.24) is 0 Å². The van der Waals surface area contributed by atoms with Crippen molar-refractivity contribution in [2.45, 2.75) is 44.5 Å². The molecule has 0 aliphatic heterocycles. The van der Waals surface area contributed by atoms with Crippen LogP contribution in [-0.2, 0) is 0 Å². The molecule has 0 aliphatic carbocycles. The van der Waals surface area contributed by atoms with E-state index in [1.807, 2.05) is 6.92 Å². The molecule has 0 spiro atoms. The van der Waals surface area contributed by atoms with Crippen LogP contribution in [0.3, 0.4) is 0 Å². The highest BCUT2D eigenvalue weighted by atomic mass is 32.2. The van der Waals surface area contributed by atoms with Crippen LogP contribution in [0.5, 0.6) is 0 Å². The topological polar surface area (TPSA) is 0 Å². The van der Waals surface area contributed by atoms with Crippen molar-refractivity contribution in [2.75, 3.05) is 0 Å². The lowest BCUT2D eigenvalue weighted by molar-refractivity contribution is -0.180. The molecule has 1 atom stereocenters. The first-order valence-corrected chi connectivity index (χ1v) is 6.14. The molecule has 0 nitrogen and oxygen atoms in total. The summed E-state index contributed by atoms with van der Waals surface area (Å²) < 4.78 is 37.8. The molecule has 0 aromatic carbocycles. The summed E-state index contributed by atoms with van der Waals surface area (Å²) in [5.74, 6) is -1.34. The summed E-state index contributed by atoms with van der Waals surface area (Å²) in [5.41, 5.74) is 0. The van der Waals surface area contributed by atoms with Crippen LogP contribution in [0.1, 0.15) is 33.6 Å². The standard InChI is InChI=1S/C12H19F3S/c1-5-7-8-9-10(12(13,14)15)11(3,4)16-6-2/h6-8,10H,2,5,9H2,1,3-4H3/b8-7+. The second-order valence-electron chi connectivity index (χ2n) is 4.10. The van der Waals surface area contributed by atoms with Crippen molar-refractivity contribution in [1.29, 1.82) is 0 Å². The zero-order chi connectivity index (χ0) is 12.8. The van der Waals surface area contributed by atoms with Gasteiger partial charge in [-0.1, -0.05) is 25.7 Å². The fraction of sp³-hybridized carbons (Fsp3) is 0.667. The van der Waals surface area contributed by atoms with E-state index in [2.05, 4.69) is 6.58 Å². The number of halogens is 3. The Morgan fingerprint density at radius 1 is 1.25 bits per heavy atom. The van der Waals surface area contributed by atoms with Gasteiger partial charge in [-0.15, -0.1) is 11.8 Å². The van der Waals surface area contributed by atoms with Crippen LogP contribution in [0, 0.1) is 5.92 Å². The van der Waals surface area contributed by atoms with Crippen LogP contribution < -0.4 is 0 Å². The zero-order valence-electron chi connectivity index (χ0n) is 9.97. The van der Waals surface area contributed by atoms with Gasteiger partial charge in [0.1, 0.15) is 0 Å². The summed E-state index contributed by atoms with van der Waals surface area (Å²) >= 11 is 1.14. The van der Waals surface area contributed by atoms with Gasteiger partial charge in [0.15, 0.2) is 0 Å². The molecule has 16 heavy (non-hydrogen) atoms. The molecule has 0 heterocycles. The van der Waals surface area contributed by atoms with Crippen LogP contribution in [0.2, 0.25) is 0 Å². The maximum absolute atomic E-state index is 12.9. The molecule has 0 aromatic heterocycles. The monoisotopic (exact) mass is 252 g/mol. The van der Waals surface area contributed by atoms with E-state index >= 15 is 0 Å².